The Hall–Kier alpha value is -1.73. The number of likely N-dealkylation sites (tertiary alicyclic amines) is 1. The second kappa shape index (κ2) is 6.58. The number of aromatic nitrogens is 3. The summed E-state index contributed by atoms with van der Waals surface area (Å²) in [4.78, 5) is 11.0. The third kappa shape index (κ3) is 3.72. The Morgan fingerprint density at radius 1 is 1.27 bits per heavy atom. The van der Waals surface area contributed by atoms with Gasteiger partial charge in [0.25, 0.3) is 0 Å². The van der Waals surface area contributed by atoms with Crippen molar-refractivity contribution in [3.05, 3.63) is 29.1 Å². The fourth-order valence-corrected chi connectivity index (χ4v) is 2.82. The summed E-state index contributed by atoms with van der Waals surface area (Å²) < 4.78 is 10.6. The van der Waals surface area contributed by atoms with E-state index in [0.717, 1.165) is 49.2 Å². The molecule has 22 heavy (non-hydrogen) atoms. The average Bonchev–Trinajstić information content (AvgIpc) is 3.03. The summed E-state index contributed by atoms with van der Waals surface area (Å²) in [5.74, 6) is 3.05. The van der Waals surface area contributed by atoms with Gasteiger partial charge in [-0.25, -0.2) is 4.98 Å². The summed E-state index contributed by atoms with van der Waals surface area (Å²) in [7, 11) is 0. The lowest BCUT2D eigenvalue weighted by molar-refractivity contribution is 0.175. The van der Waals surface area contributed by atoms with Crippen LogP contribution in [0.15, 0.2) is 8.94 Å². The minimum absolute atomic E-state index is 0.439. The van der Waals surface area contributed by atoms with Crippen LogP contribution in [-0.4, -0.2) is 39.2 Å². The highest BCUT2D eigenvalue weighted by Gasteiger charge is 2.21. The highest BCUT2D eigenvalue weighted by molar-refractivity contribution is 5.05. The molecule has 7 heteroatoms. The van der Waals surface area contributed by atoms with Gasteiger partial charge in [-0.15, -0.1) is 0 Å². The molecular formula is C15H23N5O2. The number of aryl methyl sites for hydroxylation is 3. The van der Waals surface area contributed by atoms with Gasteiger partial charge in [-0.2, -0.15) is 4.98 Å². The summed E-state index contributed by atoms with van der Waals surface area (Å²) in [6.45, 7) is 9.20. The smallest absolute Gasteiger partial charge is 0.223 e. The Balaban J connectivity index is 1.50. The largest absolute Gasteiger partial charge is 0.444 e. The molecule has 1 aliphatic heterocycles. The minimum Gasteiger partial charge on any atom is -0.444 e. The van der Waals surface area contributed by atoms with Crippen LogP contribution in [0.1, 0.15) is 41.9 Å². The van der Waals surface area contributed by atoms with Crippen molar-refractivity contribution in [1.82, 2.24) is 25.3 Å². The zero-order chi connectivity index (χ0) is 15.5. The summed E-state index contributed by atoms with van der Waals surface area (Å²) in [6, 6.07) is 0.439. The zero-order valence-electron chi connectivity index (χ0n) is 13.4. The zero-order valence-corrected chi connectivity index (χ0v) is 13.4. The van der Waals surface area contributed by atoms with Crippen LogP contribution in [0.3, 0.4) is 0 Å². The Morgan fingerprint density at radius 2 is 2.14 bits per heavy atom. The summed E-state index contributed by atoms with van der Waals surface area (Å²) in [6.07, 6.45) is 2.33. The fraction of sp³-hybridized carbons (Fsp3) is 0.667. The molecule has 1 fully saturated rings. The van der Waals surface area contributed by atoms with Crippen LogP contribution in [0, 0.1) is 20.8 Å². The molecule has 120 valence electrons. The predicted molar refractivity (Wildman–Crippen MR) is 80.2 cm³/mol. The molecule has 3 rings (SSSR count). The van der Waals surface area contributed by atoms with Crippen LogP contribution < -0.4 is 5.32 Å². The van der Waals surface area contributed by atoms with Crippen molar-refractivity contribution in [2.45, 2.75) is 52.7 Å². The van der Waals surface area contributed by atoms with E-state index in [-0.39, 0.29) is 0 Å². The lowest BCUT2D eigenvalue weighted by atomic mass is 10.1. The predicted octanol–water partition coefficient (Wildman–Crippen LogP) is 1.74. The number of rotatable bonds is 5. The number of piperidine rings is 1. The Bertz CT molecular complexity index is 602. The third-order valence-electron chi connectivity index (χ3n) is 4.05. The Morgan fingerprint density at radius 3 is 2.82 bits per heavy atom. The van der Waals surface area contributed by atoms with E-state index in [2.05, 4.69) is 25.3 Å². The van der Waals surface area contributed by atoms with Crippen molar-refractivity contribution in [1.29, 1.82) is 0 Å². The van der Waals surface area contributed by atoms with Gasteiger partial charge in [-0.3, -0.25) is 4.90 Å². The first-order valence-corrected chi connectivity index (χ1v) is 7.78. The molecule has 0 aliphatic carbocycles. The van der Waals surface area contributed by atoms with Crippen LogP contribution in [0.25, 0.3) is 0 Å². The van der Waals surface area contributed by atoms with E-state index in [4.69, 9.17) is 8.94 Å². The summed E-state index contributed by atoms with van der Waals surface area (Å²) >= 11 is 0. The summed E-state index contributed by atoms with van der Waals surface area (Å²) in [5, 5.41) is 7.50. The number of nitrogens with zero attached hydrogens (tertiary/aromatic N) is 4. The molecule has 0 aromatic carbocycles. The van der Waals surface area contributed by atoms with Gasteiger partial charge in [-0.05, 0) is 33.2 Å². The monoisotopic (exact) mass is 305 g/mol. The van der Waals surface area contributed by atoms with Gasteiger partial charge < -0.3 is 14.3 Å². The molecule has 0 bridgehead atoms. The second-order valence-electron chi connectivity index (χ2n) is 5.93. The van der Waals surface area contributed by atoms with Crippen molar-refractivity contribution >= 4 is 0 Å². The Kier molecular flexibility index (Phi) is 4.54. The molecule has 0 saturated carbocycles. The average molecular weight is 305 g/mol. The van der Waals surface area contributed by atoms with Gasteiger partial charge in [0.15, 0.2) is 5.82 Å². The normalized spacial score (nSPS) is 19.7. The van der Waals surface area contributed by atoms with Crippen molar-refractivity contribution in [2.24, 2.45) is 0 Å². The quantitative estimate of drug-likeness (QED) is 0.901. The molecule has 2 aromatic rings. The number of oxazole rings is 1. The highest BCUT2D eigenvalue weighted by Crippen LogP contribution is 2.14. The SMILES string of the molecule is Cc1nc(CN2CCCC(NCc3nc(C)c(C)o3)C2)no1. The van der Waals surface area contributed by atoms with E-state index in [1.807, 2.05) is 20.8 Å². The molecule has 0 amide bonds. The first-order valence-electron chi connectivity index (χ1n) is 7.78. The molecule has 1 saturated heterocycles. The molecular weight excluding hydrogens is 282 g/mol. The molecule has 7 nitrogen and oxygen atoms in total. The van der Waals surface area contributed by atoms with Crippen LogP contribution >= 0.6 is 0 Å². The number of hydrogen-bond donors (Lipinski definition) is 1. The first-order chi connectivity index (χ1) is 10.6. The molecule has 1 unspecified atom stereocenters. The lowest BCUT2D eigenvalue weighted by Crippen LogP contribution is -2.45. The lowest BCUT2D eigenvalue weighted by Gasteiger charge is -2.32. The maximum absolute atomic E-state index is 5.61. The molecule has 3 heterocycles. The number of hydrogen-bond acceptors (Lipinski definition) is 7. The van der Waals surface area contributed by atoms with Crippen molar-refractivity contribution in [3.63, 3.8) is 0 Å². The topological polar surface area (TPSA) is 80.2 Å². The van der Waals surface area contributed by atoms with Gasteiger partial charge in [0.1, 0.15) is 5.76 Å². The molecule has 2 aromatic heterocycles. The summed E-state index contributed by atoms with van der Waals surface area (Å²) in [5.41, 5.74) is 0.967. The molecule has 1 atom stereocenters. The standard InChI is InChI=1S/C15H23N5O2/c1-10-11(2)21-15(17-10)7-16-13-5-4-6-20(8-13)9-14-18-12(3)22-19-14/h13,16H,4-9H2,1-3H3. The fourth-order valence-electron chi connectivity index (χ4n) is 2.82. The first kappa shape index (κ1) is 15.2. The van der Waals surface area contributed by atoms with Gasteiger partial charge in [0.2, 0.25) is 11.8 Å². The van der Waals surface area contributed by atoms with Crippen LogP contribution in [0.5, 0.6) is 0 Å². The second-order valence-corrected chi connectivity index (χ2v) is 5.93. The van der Waals surface area contributed by atoms with E-state index < -0.39 is 0 Å². The van der Waals surface area contributed by atoms with Gasteiger partial charge in [-0.1, -0.05) is 5.16 Å². The number of nitrogens with one attached hydrogen (secondary N) is 1. The van der Waals surface area contributed by atoms with Gasteiger partial charge in [0, 0.05) is 19.5 Å². The van der Waals surface area contributed by atoms with Crippen molar-refractivity contribution in [2.75, 3.05) is 13.1 Å². The molecule has 0 radical (unpaired) electrons. The van der Waals surface area contributed by atoms with E-state index in [1.165, 1.54) is 6.42 Å². The molecule has 1 N–H and O–H groups in total. The Labute approximate surface area is 130 Å². The van der Waals surface area contributed by atoms with Crippen LogP contribution in [-0.2, 0) is 13.1 Å². The molecule has 0 spiro atoms. The van der Waals surface area contributed by atoms with E-state index >= 15 is 0 Å². The van der Waals surface area contributed by atoms with E-state index in [0.29, 0.717) is 18.5 Å². The van der Waals surface area contributed by atoms with E-state index in [1.54, 1.807) is 0 Å². The maximum atomic E-state index is 5.61. The van der Waals surface area contributed by atoms with Gasteiger partial charge in [0.05, 0.1) is 18.8 Å². The minimum atomic E-state index is 0.439. The third-order valence-corrected chi connectivity index (χ3v) is 4.05. The van der Waals surface area contributed by atoms with E-state index in [9.17, 15) is 0 Å². The van der Waals surface area contributed by atoms with Crippen LogP contribution in [0.2, 0.25) is 0 Å². The molecule has 1 aliphatic rings. The van der Waals surface area contributed by atoms with Crippen LogP contribution in [0.4, 0.5) is 0 Å². The highest BCUT2D eigenvalue weighted by atomic mass is 16.5. The van der Waals surface area contributed by atoms with Crippen molar-refractivity contribution in [3.8, 4) is 0 Å². The van der Waals surface area contributed by atoms with Gasteiger partial charge >= 0.3 is 0 Å². The van der Waals surface area contributed by atoms with Crippen molar-refractivity contribution < 1.29 is 8.94 Å². The maximum Gasteiger partial charge on any atom is 0.223 e.